The molecule has 0 saturated carbocycles. The molecule has 0 bridgehead atoms. The van der Waals surface area contributed by atoms with Crippen molar-refractivity contribution >= 4 is 17.4 Å². The Morgan fingerprint density at radius 3 is 2.44 bits per heavy atom. The van der Waals surface area contributed by atoms with Crippen LogP contribution >= 0.6 is 0 Å². The fraction of sp³-hybridized carbons (Fsp3) is 0.400. The molecule has 0 atom stereocenters. The lowest BCUT2D eigenvalue weighted by molar-refractivity contribution is 0.0937. The molecule has 0 spiro atoms. The Balaban J connectivity index is 1.58. The Hall–Kier alpha value is -2.80. The third-order valence-electron chi connectivity index (χ3n) is 4.64. The van der Waals surface area contributed by atoms with Crippen LogP contribution in [0.2, 0.25) is 0 Å². The van der Waals surface area contributed by atoms with E-state index in [0.717, 1.165) is 37.7 Å². The zero-order valence-corrected chi connectivity index (χ0v) is 15.9. The summed E-state index contributed by atoms with van der Waals surface area (Å²) in [5, 5.41) is 2.84. The number of anilines is 2. The molecular formula is C20H26N4O3. The Morgan fingerprint density at radius 2 is 1.78 bits per heavy atom. The molecule has 1 aromatic heterocycles. The number of piperazine rings is 1. The topological polar surface area (TPSA) is 66.9 Å². The average molecular weight is 370 g/mol. The van der Waals surface area contributed by atoms with Crippen molar-refractivity contribution < 1.29 is 14.3 Å². The fourth-order valence-electron chi connectivity index (χ4n) is 3.09. The number of amides is 1. The van der Waals surface area contributed by atoms with Gasteiger partial charge in [-0.25, -0.2) is 4.98 Å². The lowest BCUT2D eigenvalue weighted by atomic mass is 10.2. The van der Waals surface area contributed by atoms with E-state index in [2.05, 4.69) is 32.2 Å². The second kappa shape index (κ2) is 9.23. The van der Waals surface area contributed by atoms with E-state index < -0.39 is 0 Å². The summed E-state index contributed by atoms with van der Waals surface area (Å²) in [6.45, 7) is 4.50. The molecule has 1 fully saturated rings. The summed E-state index contributed by atoms with van der Waals surface area (Å²) >= 11 is 0. The van der Waals surface area contributed by atoms with Gasteiger partial charge < -0.3 is 24.6 Å². The minimum Gasteiger partial charge on any atom is -0.497 e. The van der Waals surface area contributed by atoms with Gasteiger partial charge in [0.2, 0.25) is 0 Å². The van der Waals surface area contributed by atoms with Crippen molar-refractivity contribution in [3.8, 4) is 5.75 Å². The van der Waals surface area contributed by atoms with Gasteiger partial charge in [0.05, 0.1) is 13.7 Å². The molecule has 0 unspecified atom stereocenters. The number of hydrogen-bond acceptors (Lipinski definition) is 6. The van der Waals surface area contributed by atoms with Crippen LogP contribution in [-0.4, -0.2) is 64.4 Å². The average Bonchev–Trinajstić information content (AvgIpc) is 2.74. The van der Waals surface area contributed by atoms with Crippen LogP contribution in [0.3, 0.4) is 0 Å². The number of nitrogens with zero attached hydrogens (tertiary/aromatic N) is 3. The highest BCUT2D eigenvalue weighted by Crippen LogP contribution is 2.22. The minimum atomic E-state index is -0.104. The van der Waals surface area contributed by atoms with Gasteiger partial charge in [-0.1, -0.05) is 0 Å². The van der Waals surface area contributed by atoms with Gasteiger partial charge in [-0.2, -0.15) is 0 Å². The number of carbonyl (C=O) groups excluding carboxylic acids is 1. The molecule has 0 radical (unpaired) electrons. The Bertz CT molecular complexity index is 743. The quantitative estimate of drug-likeness (QED) is 0.750. The smallest absolute Gasteiger partial charge is 0.251 e. The summed E-state index contributed by atoms with van der Waals surface area (Å²) < 4.78 is 10.2. The van der Waals surface area contributed by atoms with Gasteiger partial charge in [0.1, 0.15) is 11.6 Å². The molecule has 1 N–H and O–H groups in total. The summed E-state index contributed by atoms with van der Waals surface area (Å²) in [6, 6.07) is 11.7. The van der Waals surface area contributed by atoms with E-state index >= 15 is 0 Å². The Labute approximate surface area is 159 Å². The number of ether oxygens (including phenoxy) is 2. The Morgan fingerprint density at radius 1 is 1.07 bits per heavy atom. The van der Waals surface area contributed by atoms with Gasteiger partial charge in [-0.15, -0.1) is 0 Å². The van der Waals surface area contributed by atoms with E-state index in [1.807, 2.05) is 18.2 Å². The van der Waals surface area contributed by atoms with E-state index in [0.29, 0.717) is 18.7 Å². The van der Waals surface area contributed by atoms with Gasteiger partial charge in [0, 0.05) is 57.3 Å². The molecule has 1 saturated heterocycles. The van der Waals surface area contributed by atoms with Crippen LogP contribution in [0, 0.1) is 0 Å². The van der Waals surface area contributed by atoms with Crippen LogP contribution in [0.5, 0.6) is 5.75 Å². The zero-order valence-electron chi connectivity index (χ0n) is 15.9. The first-order valence-electron chi connectivity index (χ1n) is 9.08. The number of nitrogens with one attached hydrogen (secondary N) is 1. The predicted octanol–water partition coefficient (Wildman–Crippen LogP) is 1.79. The standard InChI is InChI=1S/C20H26N4O3/c1-26-14-9-22-20(25)16-7-8-21-19(15-16)24-12-10-23(11-13-24)17-3-5-18(27-2)6-4-17/h3-8,15H,9-14H2,1-2H3,(H,22,25). The maximum absolute atomic E-state index is 12.2. The van der Waals surface area contributed by atoms with Gasteiger partial charge in [0.25, 0.3) is 5.91 Å². The predicted molar refractivity (Wildman–Crippen MR) is 106 cm³/mol. The van der Waals surface area contributed by atoms with Crippen molar-refractivity contribution in [3.05, 3.63) is 48.2 Å². The number of benzene rings is 1. The first kappa shape index (κ1) is 19.0. The zero-order chi connectivity index (χ0) is 19.1. The van der Waals surface area contributed by atoms with Crippen molar-refractivity contribution in [3.63, 3.8) is 0 Å². The number of pyridine rings is 1. The molecular weight excluding hydrogens is 344 g/mol. The van der Waals surface area contributed by atoms with Gasteiger partial charge in [0.15, 0.2) is 0 Å². The summed E-state index contributed by atoms with van der Waals surface area (Å²) in [5.41, 5.74) is 1.81. The van der Waals surface area contributed by atoms with E-state index in [9.17, 15) is 4.79 Å². The monoisotopic (exact) mass is 370 g/mol. The van der Waals surface area contributed by atoms with E-state index in [1.54, 1.807) is 26.5 Å². The lowest BCUT2D eigenvalue weighted by Crippen LogP contribution is -2.46. The minimum absolute atomic E-state index is 0.104. The van der Waals surface area contributed by atoms with Crippen molar-refractivity contribution in [1.82, 2.24) is 10.3 Å². The van der Waals surface area contributed by atoms with Gasteiger partial charge in [-0.05, 0) is 36.4 Å². The maximum atomic E-state index is 12.2. The summed E-state index contributed by atoms with van der Waals surface area (Å²) in [4.78, 5) is 21.2. The van der Waals surface area contributed by atoms with E-state index in [4.69, 9.17) is 9.47 Å². The molecule has 2 aromatic rings. The van der Waals surface area contributed by atoms with E-state index in [-0.39, 0.29) is 5.91 Å². The highest BCUT2D eigenvalue weighted by Gasteiger charge is 2.19. The van der Waals surface area contributed by atoms with Crippen molar-refractivity contribution in [2.24, 2.45) is 0 Å². The molecule has 1 aromatic carbocycles. The third-order valence-corrected chi connectivity index (χ3v) is 4.64. The first-order chi connectivity index (χ1) is 13.2. The number of rotatable bonds is 7. The highest BCUT2D eigenvalue weighted by atomic mass is 16.5. The second-order valence-electron chi connectivity index (χ2n) is 6.32. The first-order valence-corrected chi connectivity index (χ1v) is 9.08. The molecule has 7 heteroatoms. The number of carbonyl (C=O) groups is 1. The van der Waals surface area contributed by atoms with Crippen molar-refractivity contribution in [2.75, 3.05) is 63.4 Å². The molecule has 144 valence electrons. The SMILES string of the molecule is COCCNC(=O)c1ccnc(N2CCN(c3ccc(OC)cc3)CC2)c1. The van der Waals surface area contributed by atoms with Gasteiger partial charge >= 0.3 is 0 Å². The molecule has 7 nitrogen and oxygen atoms in total. The second-order valence-corrected chi connectivity index (χ2v) is 6.32. The molecule has 3 rings (SSSR count). The van der Waals surface area contributed by atoms with Crippen LogP contribution in [0.25, 0.3) is 0 Å². The number of methoxy groups -OCH3 is 2. The lowest BCUT2D eigenvalue weighted by Gasteiger charge is -2.36. The molecule has 27 heavy (non-hydrogen) atoms. The van der Waals surface area contributed by atoms with E-state index in [1.165, 1.54) is 5.69 Å². The molecule has 1 aliphatic heterocycles. The van der Waals surface area contributed by atoms with Crippen LogP contribution in [0.15, 0.2) is 42.6 Å². The molecule has 0 aliphatic carbocycles. The third kappa shape index (κ3) is 4.89. The summed E-state index contributed by atoms with van der Waals surface area (Å²) in [7, 11) is 3.29. The summed E-state index contributed by atoms with van der Waals surface area (Å²) in [5.74, 6) is 1.60. The van der Waals surface area contributed by atoms with Gasteiger partial charge in [-0.3, -0.25) is 4.79 Å². The van der Waals surface area contributed by atoms with Crippen molar-refractivity contribution in [1.29, 1.82) is 0 Å². The maximum Gasteiger partial charge on any atom is 0.251 e. The summed E-state index contributed by atoms with van der Waals surface area (Å²) in [6.07, 6.45) is 1.69. The highest BCUT2D eigenvalue weighted by molar-refractivity contribution is 5.94. The fourth-order valence-corrected chi connectivity index (χ4v) is 3.09. The molecule has 1 amide bonds. The number of aromatic nitrogens is 1. The molecule has 1 aliphatic rings. The largest absolute Gasteiger partial charge is 0.497 e. The van der Waals surface area contributed by atoms with Crippen LogP contribution in [-0.2, 0) is 4.74 Å². The van der Waals surface area contributed by atoms with Crippen LogP contribution < -0.4 is 19.9 Å². The Kier molecular flexibility index (Phi) is 6.49. The normalized spacial score (nSPS) is 14.1. The van der Waals surface area contributed by atoms with Crippen LogP contribution in [0.4, 0.5) is 11.5 Å². The molecule has 2 heterocycles. The van der Waals surface area contributed by atoms with Crippen LogP contribution in [0.1, 0.15) is 10.4 Å². The number of hydrogen-bond donors (Lipinski definition) is 1. The van der Waals surface area contributed by atoms with Crippen molar-refractivity contribution in [2.45, 2.75) is 0 Å².